The summed E-state index contributed by atoms with van der Waals surface area (Å²) >= 11 is 3.11. The Morgan fingerprint density at radius 3 is 1.22 bits per heavy atom. The second-order valence-electron chi connectivity index (χ2n) is 34.1. The van der Waals surface area contributed by atoms with Crippen molar-refractivity contribution in [3.63, 3.8) is 0 Å². The summed E-state index contributed by atoms with van der Waals surface area (Å²) in [6.45, 7) is 9.30. The van der Waals surface area contributed by atoms with E-state index in [1.807, 2.05) is 36.4 Å². The van der Waals surface area contributed by atoms with E-state index in [0.29, 0.717) is 41.4 Å². The molecule has 0 aromatic heterocycles. The molecule has 30 atom stereocenters. The average Bonchev–Trinajstić information content (AvgIpc) is 1.51. The predicted octanol–water partition coefficient (Wildman–Crippen LogP) is 2.18. The number of aliphatic hydroxyl groups is 4. The Labute approximate surface area is 741 Å². The molecule has 40 nitrogen and oxygen atoms in total. The van der Waals surface area contributed by atoms with Crippen molar-refractivity contribution >= 4 is 82.0 Å². The van der Waals surface area contributed by atoms with Gasteiger partial charge >= 0.3 is 66.0 Å². The van der Waals surface area contributed by atoms with Crippen LogP contribution in [0.5, 0.6) is 34.5 Å². The lowest BCUT2D eigenvalue weighted by atomic mass is 9.53. The Morgan fingerprint density at radius 1 is 0.414 bits per heavy atom. The third kappa shape index (κ3) is 16.1. The number of likely N-dealkylation sites (N-methyl/N-ethyl adjacent to an activating group) is 3. The maximum Gasteiger partial charge on any atom is 0.513 e. The number of carbonyl (C=O) groups is 11. The first-order valence-corrected chi connectivity index (χ1v) is 42.7. The number of ether oxygens (including phenoxy) is 20. The fourth-order valence-corrected chi connectivity index (χ4v) is 22.7. The van der Waals surface area contributed by atoms with Gasteiger partial charge in [0.1, 0.15) is 54.9 Å². The first-order chi connectivity index (χ1) is 60.8. The maximum atomic E-state index is 13.0. The van der Waals surface area contributed by atoms with Crippen LogP contribution in [0.3, 0.4) is 0 Å². The minimum atomic E-state index is -1.79. The zero-order valence-corrected chi connectivity index (χ0v) is 73.5. The monoisotopic (exact) mass is 1860 g/mol. The highest BCUT2D eigenvalue weighted by molar-refractivity contribution is 9.09. The Balaban J connectivity index is 0.000000137. The Hall–Kier alpha value is -10.1. The molecule has 3 spiro atoms. The van der Waals surface area contributed by atoms with E-state index in [1.54, 1.807) is 18.2 Å². The van der Waals surface area contributed by atoms with Gasteiger partial charge in [-0.15, -0.1) is 0 Å². The topological polar surface area (TPSA) is 503 Å². The fraction of sp³-hybridized carbons (Fsp3) is 0.598. The second-order valence-corrected chi connectivity index (χ2v) is 35.0. The molecule has 15 aliphatic rings. The van der Waals surface area contributed by atoms with Gasteiger partial charge in [-0.2, -0.15) is 0 Å². The smallest absolute Gasteiger partial charge is 0.504 e. The van der Waals surface area contributed by atoms with Crippen molar-refractivity contribution < 1.29 is 178 Å². The minimum absolute atomic E-state index is 0.00901. The van der Waals surface area contributed by atoms with Crippen molar-refractivity contribution in [1.29, 1.82) is 0 Å². The molecular weight excluding hydrogens is 1760 g/mol. The second kappa shape index (κ2) is 36.3. The van der Waals surface area contributed by atoms with Crippen molar-refractivity contribution in [2.45, 2.75) is 242 Å². The summed E-state index contributed by atoms with van der Waals surface area (Å²) in [6.07, 6.45) is -9.88. The summed E-state index contributed by atoms with van der Waals surface area (Å²) in [4.78, 5) is 138. The molecule has 41 heteroatoms. The summed E-state index contributed by atoms with van der Waals surface area (Å²) in [5.41, 5.74) is 5.18. The number of halogens is 1. The number of phenolic OH excluding ortho intramolecular Hbond substituents is 1. The number of carbonyl (C=O) groups excluding carboxylic acids is 10. The van der Waals surface area contributed by atoms with Gasteiger partial charge in [0.15, 0.2) is 101 Å². The summed E-state index contributed by atoms with van der Waals surface area (Å²) in [7, 11) is 11.1. The molecule has 0 radical (unpaired) electrons. The SMILES string of the molecule is CN1CC[C@]23c4c5ccc(O)c4O[C@H]2[C@@H](O[C@@H]2O[C@H](C(=O)O)[C@@H](O)[C@H](O)[C@H]2O)C=CC3[C@H]1C5.COC(=O)Oc1ccc2c3c1O[C@H]1[C@@H](O)C=CC4[C@@H](C2)N(C)CC[C@@]341.COC(=O)Oc1ccc2c3c1O[C@H]1[C@@H](O[C@@H]4O[C@H](C(=O)OC)[C@@H](OC(C)=O)[C@H](OC(C)=O)[C@H]4OC(C)=O)C=CC4[C@@H](C2)N(C)CC[C@@]341.COC(=O)[C@H]1O[C@H](Br)[C@H](OC(C)=O)[C@@H](OC(C)=O)[C@@H]1OC(C)=O. The third-order valence-electron chi connectivity index (χ3n) is 27.2. The molecule has 6 fully saturated rings. The summed E-state index contributed by atoms with van der Waals surface area (Å²) in [5.74, 6) is -5.21. The molecule has 3 aromatic rings. The van der Waals surface area contributed by atoms with Gasteiger partial charge in [0.25, 0.3) is 0 Å². The third-order valence-corrected chi connectivity index (χ3v) is 27.9. The average molecular weight is 1860 g/mol. The van der Waals surface area contributed by atoms with E-state index in [4.69, 9.17) is 85.3 Å². The van der Waals surface area contributed by atoms with Crippen LogP contribution in [0, 0.1) is 17.8 Å². The number of aliphatic hydroxyl groups excluding tert-OH is 4. The van der Waals surface area contributed by atoms with Crippen LogP contribution in [-0.2, 0) is 150 Å². The first-order valence-electron chi connectivity index (χ1n) is 41.8. The number of aliphatic carboxylic acids is 1. The Morgan fingerprint density at radius 2 is 0.781 bits per heavy atom. The molecule has 6 aliphatic carbocycles. The summed E-state index contributed by atoms with van der Waals surface area (Å²) in [6, 6.07) is 11.8. The fourth-order valence-electron chi connectivity index (χ4n) is 22.0. The largest absolute Gasteiger partial charge is 0.513 e. The van der Waals surface area contributed by atoms with Gasteiger partial charge in [-0.3, -0.25) is 28.8 Å². The highest BCUT2D eigenvalue weighted by Crippen LogP contribution is 2.67. The van der Waals surface area contributed by atoms with Crippen LogP contribution >= 0.6 is 15.9 Å². The number of carboxylic acids is 1. The van der Waals surface area contributed by atoms with Crippen molar-refractivity contribution in [1.82, 2.24) is 14.7 Å². The van der Waals surface area contributed by atoms with E-state index in [0.717, 1.165) is 135 Å². The number of aromatic hydroxyl groups is 1. The number of nitrogens with zero attached hydrogens (tertiary/aromatic N) is 3. The number of benzene rings is 3. The van der Waals surface area contributed by atoms with Gasteiger partial charge < -0.3 is 140 Å². The van der Waals surface area contributed by atoms with Crippen LogP contribution in [0.15, 0.2) is 72.9 Å². The van der Waals surface area contributed by atoms with Crippen molar-refractivity contribution in [3.8, 4) is 34.5 Å². The van der Waals surface area contributed by atoms with Gasteiger partial charge in [0.05, 0.1) is 28.4 Å². The quantitative estimate of drug-likeness (QED) is 0.0417. The predicted molar refractivity (Wildman–Crippen MR) is 431 cm³/mol. The van der Waals surface area contributed by atoms with Gasteiger partial charge in [0.2, 0.25) is 6.29 Å². The zero-order chi connectivity index (χ0) is 92.1. The maximum absolute atomic E-state index is 13.0. The molecule has 0 amide bonds. The Bertz CT molecular complexity index is 4980. The molecule has 6 bridgehead atoms. The lowest BCUT2D eigenvalue weighted by Crippen LogP contribution is -2.67. The highest BCUT2D eigenvalue weighted by Gasteiger charge is 2.70. The molecule has 18 rings (SSSR count). The molecule has 9 heterocycles. The number of piperidine rings is 3. The van der Waals surface area contributed by atoms with Crippen LogP contribution in [0.1, 0.15) is 94.2 Å². The standard InChI is InChI=1S/C32H37NO14.C23H27NO9.C19H21NO5.C13H17BrO9/c1-14(34)41-24-25(42-15(2)35)27(43-16(3)36)30(47-26(24)29(37)39-5)44-21-10-8-18-19-13-17-7-9-20(45-31(38)40-6)23-22(17)32(18,28(21)46-23)11-12-33(19)4;1-24-7-6-23-10-3-5-13(31-22-17(28)15(26)16(27)19(33-22)21(29)30)20(23)32-18-12(25)4-2-9(14(18)23)8-11(10)24;1-20-8-7-19-11-4-5-13(21)17(19)25-16-14(24-18(22)23-2)6-3-10(15(16)19)9-12(11)20;1-5(15)20-8-9(21-6(2)16)11(13(18)19-4)23-12(14)10(8)22-7(3)17/h7-10,18-19,21,24-28,30H,11-13H2,1-6H3;2-5,10-11,13,15-17,19-20,22,25-28H,6-8H2,1H3,(H,29,30);3-6,11-13,17,21H,7-9H2,1-2H3;8-12H,1-4H3/t18?,19-,21+,24+,25+,26+,27-,28+,30-,32+;10?,11-,13+,15+,16+,17-,19+,20+,22-,23+;11?,12-,13+,17+,19+;8-,9-,10+,11-,12-/m1110/s1. The number of hydrogen-bond acceptors (Lipinski definition) is 39. The summed E-state index contributed by atoms with van der Waals surface area (Å²) < 4.78 is 110. The molecule has 0 saturated carbocycles. The number of alkyl halides is 1. The molecule has 128 heavy (non-hydrogen) atoms. The number of phenols is 1. The van der Waals surface area contributed by atoms with E-state index in [-0.39, 0.29) is 46.9 Å². The molecular formula is C87H102BrN3O37. The number of methoxy groups -OCH3 is 4. The van der Waals surface area contributed by atoms with Crippen molar-refractivity contribution in [3.05, 3.63) is 106 Å². The van der Waals surface area contributed by atoms with Gasteiger partial charge in [-0.05, 0) is 114 Å². The summed E-state index contributed by atoms with van der Waals surface area (Å²) in [5, 5.41) is 60.2. The van der Waals surface area contributed by atoms with E-state index in [1.165, 1.54) is 19.8 Å². The lowest BCUT2D eigenvalue weighted by Gasteiger charge is -2.57. The normalized spacial score (nSPS) is 37.1. The molecule has 9 aliphatic heterocycles. The van der Waals surface area contributed by atoms with Crippen molar-refractivity contribution in [2.75, 3.05) is 69.2 Å². The first kappa shape index (κ1) is 92.6. The molecule has 3 unspecified atom stereocenters. The number of likely N-dealkylation sites (tertiary alicyclic amines) is 3. The van der Waals surface area contributed by atoms with Crippen LogP contribution in [0.4, 0.5) is 9.59 Å². The van der Waals surface area contributed by atoms with Crippen LogP contribution in [0.2, 0.25) is 0 Å². The van der Waals surface area contributed by atoms with Crippen LogP contribution in [0.25, 0.3) is 0 Å². The van der Waals surface area contributed by atoms with E-state index >= 15 is 0 Å². The highest BCUT2D eigenvalue weighted by atomic mass is 79.9. The van der Waals surface area contributed by atoms with E-state index in [2.05, 4.69) is 79.5 Å². The van der Waals surface area contributed by atoms with Crippen molar-refractivity contribution in [2.24, 2.45) is 17.8 Å². The molecule has 3 aromatic carbocycles. The van der Waals surface area contributed by atoms with E-state index in [9.17, 15) is 83.4 Å². The van der Waals surface area contributed by atoms with Gasteiger partial charge in [-0.25, -0.2) is 24.0 Å². The molecule has 6 N–H and O–H groups in total. The lowest BCUT2D eigenvalue weighted by molar-refractivity contribution is -0.313. The minimum Gasteiger partial charge on any atom is -0.504 e. The number of esters is 8. The van der Waals surface area contributed by atoms with Gasteiger partial charge in [0, 0.05) is 110 Å². The number of rotatable bonds is 15. The molecule has 6 saturated heterocycles. The van der Waals surface area contributed by atoms with Gasteiger partial charge in [-0.1, -0.05) is 70.6 Å². The molecule has 694 valence electrons. The van der Waals surface area contributed by atoms with Crippen LogP contribution in [-0.4, -0.2) is 326 Å². The Kier molecular flexibility index (Phi) is 26.3. The van der Waals surface area contributed by atoms with Crippen LogP contribution < -0.4 is 23.7 Å². The number of hydrogen-bond donors (Lipinski definition) is 6. The van der Waals surface area contributed by atoms with E-state index < -0.39 is 198 Å². The zero-order valence-electron chi connectivity index (χ0n) is 71.9. The number of carboxylic acid groups (broad SMARTS) is 1.